The Morgan fingerprint density at radius 2 is 1.08 bits per heavy atom. The van der Waals surface area contributed by atoms with E-state index < -0.39 is 0 Å². The van der Waals surface area contributed by atoms with Gasteiger partial charge >= 0.3 is 0 Å². The Hall–Kier alpha value is -5.48. The molecule has 404 valence electrons. The zero-order valence-electron chi connectivity index (χ0n) is 51.0. The molecule has 0 N–H and O–H groups in total. The molecule has 4 aliphatic carbocycles. The van der Waals surface area contributed by atoms with Gasteiger partial charge < -0.3 is 14.2 Å². The first kappa shape index (κ1) is 51.9. The van der Waals surface area contributed by atoms with Gasteiger partial charge in [-0.15, -0.1) is 0 Å². The zero-order valence-corrected chi connectivity index (χ0v) is 51.0. The Labute approximate surface area is 470 Å². The van der Waals surface area contributed by atoms with E-state index in [1.807, 2.05) is 0 Å². The lowest BCUT2D eigenvalue weighted by Crippen LogP contribution is -2.61. The number of nitrogens with zero attached hydrogens (tertiary/aromatic N) is 2. The molecule has 0 fully saturated rings. The van der Waals surface area contributed by atoms with Crippen LogP contribution in [0.1, 0.15) is 238 Å². The minimum atomic E-state index is -0.161. The zero-order chi connectivity index (χ0) is 55.3. The van der Waals surface area contributed by atoms with Gasteiger partial charge in [0.2, 0.25) is 0 Å². The maximum Gasteiger partial charge on any atom is 0.297 e. The van der Waals surface area contributed by atoms with Crippen molar-refractivity contribution in [3.8, 4) is 11.1 Å². The summed E-state index contributed by atoms with van der Waals surface area (Å²) in [6, 6.07) is 39.9. The number of rotatable bonds is 5. The van der Waals surface area contributed by atoms with Gasteiger partial charge in [0.1, 0.15) is 5.58 Å². The highest BCUT2D eigenvalue weighted by Gasteiger charge is 2.52. The molecular formula is C74H89BN2O. The fourth-order valence-electron chi connectivity index (χ4n) is 16.6. The lowest BCUT2D eigenvalue weighted by Gasteiger charge is -2.48. The van der Waals surface area contributed by atoms with Crippen LogP contribution in [0, 0.1) is 5.92 Å². The summed E-state index contributed by atoms with van der Waals surface area (Å²) in [5.41, 5.74) is 28.3. The molecule has 13 rings (SSSR count). The molecule has 2 aliphatic heterocycles. The van der Waals surface area contributed by atoms with E-state index in [-0.39, 0.29) is 44.6 Å². The molecule has 3 unspecified atom stereocenters. The SMILES string of the molecule is CCCC1C(C)c2cc3oc4c(c3cc2C1C)N(c1ccc2c(c1)C(C)(C)CCC2(C)C)c1cc(C(C)(C)C)cc2c1B4c1cc3c(cc1N2c1ccc2c(c1-c1ccccc1)C(C)(C)CCC2(C)C)C(C)(C)CCC3(C)C. The van der Waals surface area contributed by atoms with E-state index in [9.17, 15) is 0 Å². The van der Waals surface area contributed by atoms with Gasteiger partial charge in [0.15, 0.2) is 0 Å². The molecule has 0 bridgehead atoms. The van der Waals surface area contributed by atoms with Crippen molar-refractivity contribution in [2.75, 3.05) is 9.80 Å². The summed E-state index contributed by atoms with van der Waals surface area (Å²) in [7, 11) is 0. The summed E-state index contributed by atoms with van der Waals surface area (Å²) < 4.78 is 7.87. The molecule has 3 atom stereocenters. The van der Waals surface area contributed by atoms with Crippen molar-refractivity contribution in [2.24, 2.45) is 5.92 Å². The first-order valence-electron chi connectivity index (χ1n) is 30.5. The van der Waals surface area contributed by atoms with Crippen molar-refractivity contribution in [2.45, 2.75) is 226 Å². The molecule has 3 nitrogen and oxygen atoms in total. The van der Waals surface area contributed by atoms with Crippen LogP contribution in [0.25, 0.3) is 22.1 Å². The highest BCUT2D eigenvalue weighted by atomic mass is 16.3. The molecule has 7 aromatic rings. The fourth-order valence-corrected chi connectivity index (χ4v) is 16.6. The van der Waals surface area contributed by atoms with E-state index in [1.54, 1.807) is 0 Å². The third-order valence-electron chi connectivity index (χ3n) is 22.0. The molecule has 4 heteroatoms. The highest BCUT2D eigenvalue weighted by molar-refractivity contribution is 7.00. The molecule has 0 spiro atoms. The van der Waals surface area contributed by atoms with Crippen LogP contribution in [-0.4, -0.2) is 6.71 Å². The number of furan rings is 1. The topological polar surface area (TPSA) is 19.6 Å². The Morgan fingerprint density at radius 3 is 1.69 bits per heavy atom. The predicted octanol–water partition coefficient (Wildman–Crippen LogP) is 19.2. The van der Waals surface area contributed by atoms with Crippen LogP contribution in [0.15, 0.2) is 101 Å². The summed E-state index contributed by atoms with van der Waals surface area (Å²) in [4.78, 5) is 5.50. The third-order valence-corrected chi connectivity index (χ3v) is 22.0. The number of fused-ring (bicyclic) bond motifs is 10. The molecule has 6 aromatic carbocycles. The van der Waals surface area contributed by atoms with Crippen LogP contribution in [0.4, 0.5) is 34.1 Å². The van der Waals surface area contributed by atoms with Crippen LogP contribution in [0.3, 0.4) is 0 Å². The quantitative estimate of drug-likeness (QED) is 0.160. The molecule has 0 saturated carbocycles. The van der Waals surface area contributed by atoms with Crippen LogP contribution in [-0.2, 0) is 37.9 Å². The number of hydrogen-bond acceptors (Lipinski definition) is 3. The van der Waals surface area contributed by atoms with Gasteiger partial charge in [-0.1, -0.05) is 180 Å². The van der Waals surface area contributed by atoms with Gasteiger partial charge in [0.25, 0.3) is 6.71 Å². The smallest absolute Gasteiger partial charge is 0.297 e. The molecular weight excluding hydrogens is 944 g/mol. The minimum absolute atomic E-state index is 0.000633. The average molecular weight is 1030 g/mol. The number of anilines is 6. The van der Waals surface area contributed by atoms with Crippen molar-refractivity contribution in [3.63, 3.8) is 0 Å². The maximum absolute atomic E-state index is 7.87. The van der Waals surface area contributed by atoms with E-state index in [0.717, 1.165) is 36.9 Å². The van der Waals surface area contributed by atoms with Crippen molar-refractivity contribution in [3.05, 3.63) is 147 Å². The molecule has 3 heterocycles. The lowest BCUT2D eigenvalue weighted by molar-refractivity contribution is 0.332. The summed E-state index contributed by atoms with van der Waals surface area (Å²) in [5, 5.41) is 1.25. The standard InChI is InChI=1S/C74H89BN2O/c1-19-23-48-43(2)49-39-51-62(40-50(49)44(48)3)78-67-66(51)76(47-26-27-52-54(38-47)71(11,12)31-30-69(52,7)8)60-36-46(68(4,5)6)37-61-65(60)75(67)57-41-55-56(73(15,16)33-32-72(55,13)14)42-59(57)77(61)58-29-28-53-64(63(58)45-24-21-20-22-25-45)74(17,18)35-34-70(53,9)10/h20-22,24-29,36-44,48H,19,23,30-35H2,1-18H3. The van der Waals surface area contributed by atoms with Crippen molar-refractivity contribution < 1.29 is 4.42 Å². The highest BCUT2D eigenvalue weighted by Crippen LogP contribution is 2.59. The van der Waals surface area contributed by atoms with Crippen LogP contribution in [0.5, 0.6) is 0 Å². The fraction of sp³-hybridized carbons (Fsp3) is 0.486. The van der Waals surface area contributed by atoms with E-state index in [2.05, 4.69) is 231 Å². The Balaban J connectivity index is 1.20. The van der Waals surface area contributed by atoms with E-state index in [0.29, 0.717) is 17.8 Å². The normalized spacial score (nSPS) is 23.2. The summed E-state index contributed by atoms with van der Waals surface area (Å²) in [6.07, 6.45) is 9.41. The second kappa shape index (κ2) is 16.8. The van der Waals surface area contributed by atoms with Gasteiger partial charge in [0, 0.05) is 33.7 Å². The second-order valence-corrected chi connectivity index (χ2v) is 30.8. The molecule has 6 aliphatic rings. The van der Waals surface area contributed by atoms with Crippen LogP contribution >= 0.6 is 0 Å². The molecule has 0 amide bonds. The minimum Gasteiger partial charge on any atom is -0.468 e. The van der Waals surface area contributed by atoms with Crippen LogP contribution < -0.4 is 26.4 Å². The van der Waals surface area contributed by atoms with Crippen molar-refractivity contribution in [1.82, 2.24) is 0 Å². The molecule has 1 aromatic heterocycles. The lowest BCUT2D eigenvalue weighted by atomic mass is 9.35. The Bertz CT molecular complexity index is 3640. The Morgan fingerprint density at radius 1 is 0.538 bits per heavy atom. The van der Waals surface area contributed by atoms with Gasteiger partial charge in [-0.05, 0) is 216 Å². The van der Waals surface area contributed by atoms with Gasteiger partial charge in [-0.3, -0.25) is 0 Å². The van der Waals surface area contributed by atoms with Gasteiger partial charge in [-0.2, -0.15) is 0 Å². The van der Waals surface area contributed by atoms with Gasteiger partial charge in [-0.25, -0.2) is 0 Å². The first-order chi connectivity index (χ1) is 36.6. The third kappa shape index (κ3) is 7.41. The number of hydrogen-bond donors (Lipinski definition) is 0. The maximum atomic E-state index is 7.87. The summed E-state index contributed by atoms with van der Waals surface area (Å²) in [5.74, 6) is 1.59. The predicted molar refractivity (Wildman–Crippen MR) is 335 cm³/mol. The molecule has 0 saturated heterocycles. The van der Waals surface area contributed by atoms with Crippen molar-refractivity contribution >= 4 is 68.4 Å². The largest absolute Gasteiger partial charge is 0.468 e. The van der Waals surface area contributed by atoms with Crippen molar-refractivity contribution in [1.29, 1.82) is 0 Å². The summed E-state index contributed by atoms with van der Waals surface area (Å²) in [6.45, 7) is 44.4. The molecule has 0 radical (unpaired) electrons. The second-order valence-electron chi connectivity index (χ2n) is 30.8. The molecule has 78 heavy (non-hydrogen) atoms. The monoisotopic (exact) mass is 1030 g/mol. The average Bonchev–Trinajstić information content (AvgIpc) is 4.04. The van der Waals surface area contributed by atoms with E-state index in [1.165, 1.54) is 137 Å². The first-order valence-corrected chi connectivity index (χ1v) is 30.5. The number of benzene rings is 6. The van der Waals surface area contributed by atoms with Gasteiger partial charge in [0.05, 0.1) is 17.0 Å². The van der Waals surface area contributed by atoms with Crippen LogP contribution in [0.2, 0.25) is 0 Å². The summed E-state index contributed by atoms with van der Waals surface area (Å²) >= 11 is 0. The van der Waals surface area contributed by atoms with E-state index >= 15 is 0 Å². The van der Waals surface area contributed by atoms with E-state index in [4.69, 9.17) is 4.42 Å². The Kier molecular flexibility index (Phi) is 11.2.